The first kappa shape index (κ1) is 96.9. The molecule has 21 heterocycles. The summed E-state index contributed by atoms with van der Waals surface area (Å²) in [6.45, 7) is -2.83. The van der Waals surface area contributed by atoms with E-state index in [1.165, 1.54) is 71.2 Å². The van der Waals surface area contributed by atoms with Crippen LogP contribution in [0.3, 0.4) is 0 Å². The fraction of sp³-hybridized carbons (Fsp3) is 0.515. The number of imidazole rings is 6. The van der Waals surface area contributed by atoms with Crippen molar-refractivity contribution < 1.29 is 167 Å². The highest BCUT2D eigenvalue weighted by molar-refractivity contribution is 7.53. The smallest absolute Gasteiger partial charge is 0.397 e. The predicted octanol–water partition coefficient (Wildman–Crippen LogP) is 0.660. The van der Waals surface area contributed by atoms with Crippen molar-refractivity contribution in [3.05, 3.63) is 101 Å². The highest BCUT2D eigenvalue weighted by Gasteiger charge is 2.60. The van der Waals surface area contributed by atoms with Gasteiger partial charge in [-0.25, -0.2) is 80.8 Å². The molecule has 72 heteroatoms. The summed E-state index contributed by atoms with van der Waals surface area (Å²) < 4.78 is 278. The van der Waals surface area contributed by atoms with Gasteiger partial charge in [0.1, 0.15) is 71.1 Å². The van der Waals surface area contributed by atoms with Crippen LogP contribution in [-0.4, -0.2) is 296 Å². The minimum atomic E-state index is -5.21. The maximum absolute atomic E-state index is 16.0. The highest BCUT2D eigenvalue weighted by Crippen LogP contribution is 2.59. The molecule has 60 nitrogen and oxygen atoms in total. The van der Waals surface area contributed by atoms with Crippen molar-refractivity contribution in [1.82, 2.24) is 92.2 Å². The number of nitrogens with zero attached hydrogens (tertiary/aromatic N) is 18. The van der Waals surface area contributed by atoms with Gasteiger partial charge in [-0.15, -0.1) is 0 Å². The van der Waals surface area contributed by atoms with Crippen LogP contribution in [-0.2, 0) is 111 Å². The van der Waals surface area contributed by atoms with Gasteiger partial charge in [-0.1, -0.05) is 0 Å². The lowest BCUT2D eigenvalue weighted by Gasteiger charge is -2.26. The van der Waals surface area contributed by atoms with Crippen LogP contribution < -0.4 is 56.6 Å². The number of phosphoric acid groups is 1. The van der Waals surface area contributed by atoms with Crippen molar-refractivity contribution in [2.75, 3.05) is 91.8 Å². The molecular weight excluding hydrogens is 2000 g/mol. The van der Waals surface area contributed by atoms with Crippen LogP contribution in [0, 0.1) is 0 Å². The summed E-state index contributed by atoms with van der Waals surface area (Å²) in [5.74, 6) is -0.565. The Hall–Kier alpha value is -10.0. The number of anilines is 6. The number of ether oxygens (including phenoxy) is 11. The molecule has 0 aliphatic carbocycles. The molecular formula is C66H78F6N28O32P6. The zero-order valence-corrected chi connectivity index (χ0v) is 74.9. The minimum Gasteiger partial charge on any atom is -0.397 e. The molecule has 0 amide bonds. The molecule has 746 valence electrons. The van der Waals surface area contributed by atoms with Gasteiger partial charge in [0.25, 0.3) is 11.1 Å². The van der Waals surface area contributed by atoms with E-state index < -0.39 is 269 Å². The van der Waals surface area contributed by atoms with E-state index >= 15 is 26.3 Å². The molecule has 9 fully saturated rings. The van der Waals surface area contributed by atoms with Gasteiger partial charge < -0.3 is 127 Å². The van der Waals surface area contributed by atoms with Gasteiger partial charge in [0.2, 0.25) is 11.9 Å². The lowest BCUT2D eigenvalue weighted by molar-refractivity contribution is -0.166. The van der Waals surface area contributed by atoms with Crippen LogP contribution in [0.15, 0.2) is 89.3 Å². The summed E-state index contributed by atoms with van der Waals surface area (Å²) >= 11 is 0. The maximum atomic E-state index is 16.0. The first-order valence-electron chi connectivity index (χ1n) is 40.5. The average Bonchev–Trinajstić information content (AvgIpc) is 1.59. The van der Waals surface area contributed by atoms with Crippen LogP contribution in [0.4, 0.5) is 61.1 Å². The molecule has 9 saturated heterocycles. The number of aliphatic imine (C=N–C) groups is 1. The first-order valence-corrected chi connectivity index (χ1v) is 50.8. The van der Waals surface area contributed by atoms with E-state index in [1.807, 2.05) is 0 Å². The van der Waals surface area contributed by atoms with E-state index in [4.69, 9.17) is 124 Å². The number of halogens is 6. The van der Waals surface area contributed by atoms with Crippen molar-refractivity contribution in [3.8, 4) is 0 Å². The molecule has 10 aliphatic rings. The lowest BCUT2D eigenvalue weighted by Crippen LogP contribution is -2.36. The summed E-state index contributed by atoms with van der Waals surface area (Å²) in [4.78, 5) is 142. The SMILES string of the molecule is NC1=NC(N)c2ncn([C@@H]3O[C@@H]4OCCP(=O)(O)OC5[C@@H](COP(=O)(O)O[C@H]3C4F)O[C@@H](n3cnc4c(N)ccnc43)[C@H]5F)c2N1.Nc1nc2c(ncn2[C@@H]2O[C@@H]3COCP(=O)(O)OC4[C@@H](OCP(=O)(O)O[C@H]2C3F)O[C@@H](n2cnc3c(N)ccnc32)[C@H]4F)c(=O)[nH]1.Nc1nc2c(ncn2[C@@H]2O[C@@H]3OCCP(=O)(O)OC4[C@@H](OCP(=O)(O)O[C@H]2C3F)O[C@@H](n2cnc3c(N)ccnc32)[C@H]4F)c(=O)[nH]1. The van der Waals surface area contributed by atoms with Gasteiger partial charge >= 0.3 is 45.8 Å². The van der Waals surface area contributed by atoms with Gasteiger partial charge in [0, 0.05) is 18.6 Å². The number of fused-ring (bicyclic) bond motifs is 15. The summed E-state index contributed by atoms with van der Waals surface area (Å²) in [5, 5.41) is 2.72. The van der Waals surface area contributed by atoms with Crippen molar-refractivity contribution in [1.29, 1.82) is 0 Å². The van der Waals surface area contributed by atoms with E-state index in [2.05, 4.69) is 75.1 Å². The standard InChI is InChI=1S/C22H28F2N10O10P2.2C22H25F2N9O11P2/c23-10-14-9(41-19(10)33-6-29-12-8(25)1-2-28-17(12)33)5-40-46(37,38)44-15-11(24)21(39-3-4-45(35,36)43-14)42-20(15)34-7-30-13-16(26)31-22(27)32-18(13)34;23-10-9-3-39-6-45(35,36)44-15-11(24)19(32-4-28-12-8(25)1-2-27-16(12)32)42-21(15)40-7-46(37,38)43-14(10)20(41-9)33-5-29-13-17(33)30-22(26)31-18(13)34;23-9-14-21(41-18(9)32-5-28-11-8(25)1-2-27-15(11)32)40-7-46(37,38)43-13-10(24)20(39-3-4-45(35,36)44-14)42-19(13)33-6-29-12-16(33)30-22(26)31-17(12)34/h1-2,6-7,9-11,14-16,19-21H,3-5,26H2,(H2,25,28)(H,35,36)(H,37,38)(H3,27,31,32);1-2,4-5,9-11,14-15,19-21H,3,6-7H2,(H2,25,27)(H,35,36)(H,37,38)(H3,26,30,31,34);1-2,5-6,9-10,13-14,18-21H,3-4,7H2,(H2,25,27)(H,35,36)(H,37,38)(H3,26,30,31,34)/t9-,10+,11?,14?,15+,16?,19-,20-,21+;9-,10?,11+,14+,15?,19-,20-,21+;9-,10?,13-,14?,18+,19+,20-,21-/m110/s1. The van der Waals surface area contributed by atoms with Crippen LogP contribution in [0.25, 0.3) is 55.8 Å². The number of alkyl halides is 6. The van der Waals surface area contributed by atoms with E-state index in [0.717, 1.165) is 30.9 Å². The van der Waals surface area contributed by atoms with Crippen LogP contribution >= 0.6 is 45.8 Å². The summed E-state index contributed by atoms with van der Waals surface area (Å²) in [7, 11) is -29.3. The highest BCUT2D eigenvalue weighted by atomic mass is 31.2. The van der Waals surface area contributed by atoms with Gasteiger partial charge in [-0.05, 0) is 18.2 Å². The van der Waals surface area contributed by atoms with Crippen molar-refractivity contribution in [2.45, 2.75) is 155 Å². The summed E-state index contributed by atoms with van der Waals surface area (Å²) in [5.41, 5.74) is 40.5. The number of phosphoric ester groups is 1. The number of nitrogens with one attached hydrogen (secondary N) is 3. The molecule has 13 unspecified atom stereocenters. The molecule has 11 aromatic heterocycles. The number of pyridine rings is 3. The quantitative estimate of drug-likeness (QED) is 0.0803. The number of aromatic amines is 2. The number of rotatable bonds is 6. The van der Waals surface area contributed by atoms with E-state index in [9.17, 15) is 66.3 Å². The molecule has 0 saturated carbocycles. The fourth-order valence-electron chi connectivity index (χ4n) is 16.2. The second-order valence-electron chi connectivity index (χ2n) is 31.7. The third kappa shape index (κ3) is 18.9. The van der Waals surface area contributed by atoms with Crippen molar-refractivity contribution in [3.63, 3.8) is 0 Å². The van der Waals surface area contributed by atoms with E-state index in [1.54, 1.807) is 0 Å². The largest absolute Gasteiger partial charge is 0.472 e. The summed E-state index contributed by atoms with van der Waals surface area (Å²) in [6.07, 6.45) is -39.3. The topological polar surface area (TPSA) is 834 Å². The maximum Gasteiger partial charge on any atom is 0.472 e. The molecule has 0 aromatic carbocycles. The zero-order chi connectivity index (χ0) is 97.6. The van der Waals surface area contributed by atoms with Crippen molar-refractivity contribution in [2.24, 2.45) is 16.5 Å². The Kier molecular flexibility index (Phi) is 26.1. The Morgan fingerprint density at radius 1 is 0.384 bits per heavy atom. The van der Waals surface area contributed by atoms with Gasteiger partial charge in [0.05, 0.1) is 93.8 Å². The van der Waals surface area contributed by atoms with Gasteiger partial charge in [0.15, 0.2) is 176 Å². The van der Waals surface area contributed by atoms with Gasteiger partial charge in [-0.3, -0.25) is 101 Å². The monoisotopic (exact) mass is 2070 g/mol. The molecule has 0 spiro atoms. The number of nitrogens with two attached hydrogens (primary N) is 7. The normalized spacial score (nSPS) is 38.3. The number of hydrogen-bond acceptors (Lipinski definition) is 46. The van der Waals surface area contributed by atoms with Crippen molar-refractivity contribution >= 4 is 142 Å². The Bertz CT molecular complexity index is 6700. The predicted molar refractivity (Wildman–Crippen MR) is 447 cm³/mol. The molecule has 6 bridgehead atoms. The molecule has 31 atom stereocenters. The van der Waals surface area contributed by atoms with Crippen LogP contribution in [0.5, 0.6) is 0 Å². The Morgan fingerprint density at radius 3 is 1.25 bits per heavy atom. The molecule has 11 aromatic rings. The molecule has 23 N–H and O–H groups in total. The number of guanidine groups is 1. The Labute approximate surface area is 762 Å². The molecule has 0 radical (unpaired) electrons. The summed E-state index contributed by atoms with van der Waals surface area (Å²) in [6, 6.07) is 4.43. The number of aromatic nitrogens is 19. The number of hydrogen-bond donors (Lipinski definition) is 16. The number of H-pyrrole nitrogens is 2. The second kappa shape index (κ2) is 37.1. The molecule has 10 aliphatic heterocycles. The Morgan fingerprint density at radius 2 is 0.761 bits per heavy atom. The third-order valence-corrected chi connectivity index (χ3v) is 29.2. The minimum absolute atomic E-state index is 0.0893. The third-order valence-electron chi connectivity index (χ3n) is 22.4. The number of nitrogen functional groups attached to an aromatic ring is 5. The Balaban J connectivity index is 0.000000132. The van der Waals surface area contributed by atoms with E-state index in [0.29, 0.717) is 0 Å². The van der Waals surface area contributed by atoms with Gasteiger partial charge in [-0.2, -0.15) is 9.97 Å². The molecule has 21 rings (SSSR count). The second-order valence-corrected chi connectivity index (χ2v) is 42.2. The zero-order valence-electron chi connectivity index (χ0n) is 69.6. The molecule has 138 heavy (non-hydrogen) atoms. The average molecular weight is 2080 g/mol. The lowest BCUT2D eigenvalue weighted by atomic mass is 10.1. The fourth-order valence-corrected chi connectivity index (χ4v) is 22.3. The van der Waals surface area contributed by atoms with Crippen LogP contribution in [0.2, 0.25) is 0 Å². The van der Waals surface area contributed by atoms with Crippen LogP contribution in [0.1, 0.15) is 49.2 Å². The van der Waals surface area contributed by atoms with E-state index in [-0.39, 0.29) is 102 Å². The first-order chi connectivity index (χ1) is 65.4.